The maximum Gasteiger partial charge on any atom is 0.254 e. The second-order valence-corrected chi connectivity index (χ2v) is 6.13. The van der Waals surface area contributed by atoms with Crippen LogP contribution in [0.4, 0.5) is 5.69 Å². The van der Waals surface area contributed by atoms with Crippen molar-refractivity contribution in [3.05, 3.63) is 54.0 Å². The van der Waals surface area contributed by atoms with Crippen molar-refractivity contribution in [1.82, 2.24) is 4.90 Å². The van der Waals surface area contributed by atoms with Crippen molar-refractivity contribution in [1.29, 1.82) is 0 Å². The Labute approximate surface area is 146 Å². The van der Waals surface area contributed by atoms with E-state index in [2.05, 4.69) is 5.32 Å². The van der Waals surface area contributed by atoms with Gasteiger partial charge < -0.3 is 19.4 Å². The Morgan fingerprint density at radius 3 is 2.72 bits per heavy atom. The molecule has 0 bridgehead atoms. The molecule has 1 aromatic heterocycles. The van der Waals surface area contributed by atoms with Gasteiger partial charge in [-0.3, -0.25) is 9.59 Å². The zero-order valence-corrected chi connectivity index (χ0v) is 14.2. The van der Waals surface area contributed by atoms with Crippen molar-refractivity contribution in [2.45, 2.75) is 25.8 Å². The number of nitrogens with one attached hydrogen (secondary N) is 1. The molecular formula is C19H22N2O4. The van der Waals surface area contributed by atoms with E-state index in [1.165, 1.54) is 0 Å². The van der Waals surface area contributed by atoms with Gasteiger partial charge in [0, 0.05) is 30.6 Å². The second-order valence-electron chi connectivity index (χ2n) is 6.13. The Morgan fingerprint density at radius 2 is 2.04 bits per heavy atom. The van der Waals surface area contributed by atoms with Crippen molar-refractivity contribution in [2.75, 3.05) is 25.1 Å². The highest BCUT2D eigenvalue weighted by molar-refractivity contribution is 5.96. The number of furan rings is 1. The van der Waals surface area contributed by atoms with Crippen LogP contribution in [0.15, 0.2) is 47.1 Å². The van der Waals surface area contributed by atoms with Gasteiger partial charge in [-0.25, -0.2) is 0 Å². The maximum atomic E-state index is 12.6. The number of carbonyl (C=O) groups is 2. The van der Waals surface area contributed by atoms with E-state index in [1.807, 2.05) is 17.9 Å². The van der Waals surface area contributed by atoms with Gasteiger partial charge >= 0.3 is 0 Å². The van der Waals surface area contributed by atoms with E-state index >= 15 is 0 Å². The number of hydrogen-bond acceptors (Lipinski definition) is 4. The van der Waals surface area contributed by atoms with Crippen LogP contribution in [0.2, 0.25) is 0 Å². The van der Waals surface area contributed by atoms with Gasteiger partial charge in [-0.05, 0) is 43.3 Å². The van der Waals surface area contributed by atoms with Gasteiger partial charge in [0.2, 0.25) is 5.91 Å². The molecule has 1 unspecified atom stereocenters. The number of carbonyl (C=O) groups excluding carboxylic acids is 2. The smallest absolute Gasteiger partial charge is 0.254 e. The molecule has 2 aromatic rings. The molecule has 2 amide bonds. The Balaban J connectivity index is 1.54. The van der Waals surface area contributed by atoms with Crippen LogP contribution in [-0.2, 0) is 16.0 Å². The van der Waals surface area contributed by atoms with Gasteiger partial charge in [0.1, 0.15) is 5.76 Å². The number of nitrogens with zero attached hydrogens (tertiary/aromatic N) is 1. The lowest BCUT2D eigenvalue weighted by atomic mass is 10.1. The zero-order chi connectivity index (χ0) is 17.6. The molecular weight excluding hydrogens is 320 g/mol. The number of hydrogen-bond donors (Lipinski definition) is 1. The summed E-state index contributed by atoms with van der Waals surface area (Å²) >= 11 is 0. The average Bonchev–Trinajstić information content (AvgIpc) is 3.14. The van der Waals surface area contributed by atoms with Gasteiger partial charge in [-0.1, -0.05) is 0 Å². The molecule has 1 N–H and O–H groups in total. The highest BCUT2D eigenvalue weighted by Gasteiger charge is 2.24. The van der Waals surface area contributed by atoms with Gasteiger partial charge in [-0.15, -0.1) is 0 Å². The van der Waals surface area contributed by atoms with Crippen LogP contribution < -0.4 is 5.32 Å². The van der Waals surface area contributed by atoms with Gasteiger partial charge in [-0.2, -0.15) is 0 Å². The normalized spacial score (nSPS) is 17.3. The first-order valence-corrected chi connectivity index (χ1v) is 8.44. The number of rotatable bonds is 5. The first kappa shape index (κ1) is 17.2. The molecule has 132 valence electrons. The summed E-state index contributed by atoms with van der Waals surface area (Å²) < 4.78 is 10.6. The first-order valence-electron chi connectivity index (χ1n) is 8.44. The predicted molar refractivity (Wildman–Crippen MR) is 93.4 cm³/mol. The summed E-state index contributed by atoms with van der Waals surface area (Å²) in [6.07, 6.45) is 2.50. The van der Waals surface area contributed by atoms with Gasteiger partial charge in [0.25, 0.3) is 5.91 Å². The lowest BCUT2D eigenvalue weighted by Gasteiger charge is -2.33. The minimum atomic E-state index is -0.0859. The summed E-state index contributed by atoms with van der Waals surface area (Å²) in [5, 5.41) is 2.83. The summed E-state index contributed by atoms with van der Waals surface area (Å²) in [4.78, 5) is 26.3. The van der Waals surface area contributed by atoms with Crippen LogP contribution in [0.5, 0.6) is 0 Å². The third kappa shape index (κ3) is 4.48. The monoisotopic (exact) mass is 342 g/mol. The van der Waals surface area contributed by atoms with E-state index in [0.717, 1.165) is 5.76 Å². The number of aryl methyl sites for hydroxylation is 1. The summed E-state index contributed by atoms with van der Waals surface area (Å²) in [6, 6.07) is 10.7. The van der Waals surface area contributed by atoms with Gasteiger partial charge in [0.15, 0.2) is 0 Å². The lowest BCUT2D eigenvalue weighted by Crippen LogP contribution is -2.47. The molecule has 2 heterocycles. The molecule has 1 fully saturated rings. The summed E-state index contributed by atoms with van der Waals surface area (Å²) in [5.41, 5.74) is 1.29. The third-order valence-corrected chi connectivity index (χ3v) is 4.22. The maximum absolute atomic E-state index is 12.6. The Bertz CT molecular complexity index is 710. The van der Waals surface area contributed by atoms with Crippen molar-refractivity contribution >= 4 is 17.5 Å². The quantitative estimate of drug-likeness (QED) is 0.907. The van der Waals surface area contributed by atoms with Crippen LogP contribution in [0.25, 0.3) is 0 Å². The molecule has 6 nitrogen and oxygen atoms in total. The van der Waals surface area contributed by atoms with E-state index in [1.54, 1.807) is 36.6 Å². The fourth-order valence-electron chi connectivity index (χ4n) is 2.81. The molecule has 25 heavy (non-hydrogen) atoms. The number of anilines is 1. The van der Waals surface area contributed by atoms with E-state index in [-0.39, 0.29) is 17.9 Å². The molecule has 1 aliphatic heterocycles. The molecule has 1 atom stereocenters. The third-order valence-electron chi connectivity index (χ3n) is 4.22. The molecule has 0 spiro atoms. The van der Waals surface area contributed by atoms with E-state index in [9.17, 15) is 9.59 Å². The fraction of sp³-hybridized carbons (Fsp3) is 0.368. The van der Waals surface area contributed by atoms with Crippen LogP contribution in [0.1, 0.15) is 29.5 Å². The van der Waals surface area contributed by atoms with Crippen molar-refractivity contribution in [3.63, 3.8) is 0 Å². The van der Waals surface area contributed by atoms with Crippen molar-refractivity contribution < 1.29 is 18.7 Å². The van der Waals surface area contributed by atoms with Crippen molar-refractivity contribution in [3.8, 4) is 0 Å². The van der Waals surface area contributed by atoms with Crippen molar-refractivity contribution in [2.24, 2.45) is 0 Å². The molecule has 1 aliphatic rings. The molecule has 1 saturated heterocycles. The topological polar surface area (TPSA) is 71.8 Å². The first-order chi connectivity index (χ1) is 12.1. The summed E-state index contributed by atoms with van der Waals surface area (Å²) in [6.45, 7) is 3.71. The molecule has 1 aromatic carbocycles. The summed E-state index contributed by atoms with van der Waals surface area (Å²) in [5.74, 6) is 0.694. The van der Waals surface area contributed by atoms with E-state index in [0.29, 0.717) is 43.9 Å². The minimum Gasteiger partial charge on any atom is -0.469 e. The molecule has 0 aliphatic carbocycles. The SMILES string of the molecule is CC1COCCN1C(=O)c1ccc(NC(=O)CCc2ccco2)cc1. The lowest BCUT2D eigenvalue weighted by molar-refractivity contribution is -0.116. The predicted octanol–water partition coefficient (Wildman–Crippen LogP) is 2.71. The molecule has 0 saturated carbocycles. The van der Waals surface area contributed by atoms with Gasteiger partial charge in [0.05, 0.1) is 25.5 Å². The number of benzene rings is 1. The fourth-order valence-corrected chi connectivity index (χ4v) is 2.81. The largest absolute Gasteiger partial charge is 0.469 e. The van der Waals surface area contributed by atoms with Crippen LogP contribution >= 0.6 is 0 Å². The van der Waals surface area contributed by atoms with Crippen LogP contribution in [-0.4, -0.2) is 42.5 Å². The van der Waals surface area contributed by atoms with Crippen LogP contribution in [0, 0.1) is 0 Å². The molecule has 6 heteroatoms. The highest BCUT2D eigenvalue weighted by Crippen LogP contribution is 2.15. The Morgan fingerprint density at radius 1 is 1.24 bits per heavy atom. The Hall–Kier alpha value is -2.60. The summed E-state index contributed by atoms with van der Waals surface area (Å²) in [7, 11) is 0. The van der Waals surface area contributed by atoms with E-state index in [4.69, 9.17) is 9.15 Å². The zero-order valence-electron chi connectivity index (χ0n) is 14.2. The highest BCUT2D eigenvalue weighted by atomic mass is 16.5. The second kappa shape index (κ2) is 7.98. The number of amides is 2. The minimum absolute atomic E-state index is 0.00787. The molecule has 0 radical (unpaired) electrons. The average molecular weight is 342 g/mol. The standard InChI is InChI=1S/C19H22N2O4/c1-14-13-24-12-10-21(14)19(23)15-4-6-16(7-5-15)20-18(22)9-8-17-3-2-11-25-17/h2-7,11,14H,8-10,12-13H2,1H3,(H,20,22). The number of morpholine rings is 1. The number of ether oxygens (including phenoxy) is 1. The van der Waals surface area contributed by atoms with Crippen LogP contribution in [0.3, 0.4) is 0 Å². The Kier molecular flexibility index (Phi) is 5.50. The molecule has 3 rings (SSSR count). The van der Waals surface area contributed by atoms with E-state index < -0.39 is 0 Å².